The third-order valence-electron chi connectivity index (χ3n) is 4.94. The third kappa shape index (κ3) is 5.83. The molecule has 8 nitrogen and oxygen atoms in total. The molecule has 0 aliphatic carbocycles. The molecule has 0 aliphatic rings. The number of hydrogen-bond acceptors (Lipinski definition) is 6. The number of aromatic nitrogens is 4. The SMILES string of the molecule is CCOCCc1ccc(OCCN(C(=O)n2ccnc2)c2ncnc(CC)c2Cl)c(C)c1. The van der Waals surface area contributed by atoms with Crippen molar-refractivity contribution in [2.75, 3.05) is 31.3 Å². The summed E-state index contributed by atoms with van der Waals surface area (Å²) in [4.78, 5) is 27.0. The molecule has 0 saturated carbocycles. The highest BCUT2D eigenvalue weighted by Gasteiger charge is 2.23. The lowest BCUT2D eigenvalue weighted by Crippen LogP contribution is -2.38. The number of anilines is 1. The van der Waals surface area contributed by atoms with Crippen LogP contribution in [0.4, 0.5) is 10.6 Å². The van der Waals surface area contributed by atoms with Gasteiger partial charge in [0, 0.05) is 19.0 Å². The molecule has 32 heavy (non-hydrogen) atoms. The van der Waals surface area contributed by atoms with Gasteiger partial charge < -0.3 is 9.47 Å². The van der Waals surface area contributed by atoms with E-state index in [9.17, 15) is 4.79 Å². The first-order valence-corrected chi connectivity index (χ1v) is 11.0. The fraction of sp³-hybridized carbons (Fsp3) is 0.391. The highest BCUT2D eigenvalue weighted by Crippen LogP contribution is 2.27. The van der Waals surface area contributed by atoms with Crippen molar-refractivity contribution < 1.29 is 14.3 Å². The minimum absolute atomic E-state index is 0.252. The normalized spacial score (nSPS) is 10.9. The van der Waals surface area contributed by atoms with E-state index in [4.69, 9.17) is 21.1 Å². The Labute approximate surface area is 193 Å². The summed E-state index contributed by atoms with van der Waals surface area (Å²) in [5.41, 5.74) is 2.90. The maximum absolute atomic E-state index is 13.1. The number of ether oxygens (including phenoxy) is 2. The van der Waals surface area contributed by atoms with Crippen LogP contribution in [0, 0.1) is 6.92 Å². The fourth-order valence-electron chi connectivity index (χ4n) is 3.24. The molecule has 2 heterocycles. The molecule has 0 fully saturated rings. The number of hydrogen-bond donors (Lipinski definition) is 0. The third-order valence-corrected chi connectivity index (χ3v) is 5.33. The van der Waals surface area contributed by atoms with E-state index in [0.29, 0.717) is 36.2 Å². The van der Waals surface area contributed by atoms with Crippen LogP contribution in [0.25, 0.3) is 0 Å². The van der Waals surface area contributed by atoms with Gasteiger partial charge in [0.15, 0.2) is 5.82 Å². The number of amides is 1. The lowest BCUT2D eigenvalue weighted by atomic mass is 10.1. The van der Waals surface area contributed by atoms with Crippen LogP contribution in [-0.4, -0.2) is 51.9 Å². The molecule has 2 aromatic heterocycles. The van der Waals surface area contributed by atoms with Gasteiger partial charge >= 0.3 is 6.03 Å². The molecule has 1 amide bonds. The first-order valence-electron chi connectivity index (χ1n) is 10.6. The van der Waals surface area contributed by atoms with E-state index in [-0.39, 0.29) is 19.2 Å². The lowest BCUT2D eigenvalue weighted by Gasteiger charge is -2.23. The monoisotopic (exact) mass is 457 g/mol. The Morgan fingerprint density at radius 2 is 2.06 bits per heavy atom. The van der Waals surface area contributed by atoms with Gasteiger partial charge in [-0.05, 0) is 43.9 Å². The topological polar surface area (TPSA) is 82.4 Å². The van der Waals surface area contributed by atoms with Crippen molar-refractivity contribution in [1.29, 1.82) is 0 Å². The van der Waals surface area contributed by atoms with Crippen LogP contribution in [0.1, 0.15) is 30.7 Å². The Morgan fingerprint density at radius 3 is 2.75 bits per heavy atom. The van der Waals surface area contributed by atoms with Gasteiger partial charge in [-0.1, -0.05) is 30.7 Å². The summed E-state index contributed by atoms with van der Waals surface area (Å²) in [6, 6.07) is 5.75. The second-order valence-corrected chi connectivity index (χ2v) is 7.49. The van der Waals surface area contributed by atoms with Gasteiger partial charge in [0.05, 0.1) is 18.8 Å². The summed E-state index contributed by atoms with van der Waals surface area (Å²) in [5.74, 6) is 1.12. The average molecular weight is 458 g/mol. The largest absolute Gasteiger partial charge is 0.491 e. The number of halogens is 1. The molecule has 0 spiro atoms. The van der Waals surface area contributed by atoms with Crippen LogP contribution >= 0.6 is 11.6 Å². The van der Waals surface area contributed by atoms with Crippen LogP contribution in [0.2, 0.25) is 5.02 Å². The highest BCUT2D eigenvalue weighted by molar-refractivity contribution is 6.34. The van der Waals surface area contributed by atoms with Crippen LogP contribution in [0.15, 0.2) is 43.2 Å². The summed E-state index contributed by atoms with van der Waals surface area (Å²) in [7, 11) is 0. The number of carbonyl (C=O) groups excluding carboxylic acids is 1. The Bertz CT molecular complexity index is 1030. The fourth-order valence-corrected chi connectivity index (χ4v) is 3.58. The van der Waals surface area contributed by atoms with Crippen LogP contribution in [-0.2, 0) is 17.6 Å². The maximum atomic E-state index is 13.1. The zero-order valence-corrected chi connectivity index (χ0v) is 19.4. The standard InChI is InChI=1S/C23H28ClN5O3/c1-4-19-21(24)22(27-15-26-19)29(23(30)28-10-9-25-16-28)11-13-32-20-7-6-18(14-17(20)3)8-12-31-5-2/h6-7,9-10,14-16H,4-5,8,11-13H2,1-3H3. The molecular weight excluding hydrogens is 430 g/mol. The minimum Gasteiger partial charge on any atom is -0.491 e. The van der Waals surface area contributed by atoms with Gasteiger partial charge in [-0.2, -0.15) is 0 Å². The van der Waals surface area contributed by atoms with E-state index >= 15 is 0 Å². The van der Waals surface area contributed by atoms with E-state index in [0.717, 1.165) is 17.7 Å². The van der Waals surface area contributed by atoms with Crippen molar-refractivity contribution in [1.82, 2.24) is 19.5 Å². The van der Waals surface area contributed by atoms with Crippen molar-refractivity contribution in [2.24, 2.45) is 0 Å². The second-order valence-electron chi connectivity index (χ2n) is 7.11. The zero-order valence-electron chi connectivity index (χ0n) is 18.6. The molecule has 0 atom stereocenters. The van der Waals surface area contributed by atoms with Crippen molar-refractivity contribution >= 4 is 23.4 Å². The lowest BCUT2D eigenvalue weighted by molar-refractivity contribution is 0.151. The molecule has 0 radical (unpaired) electrons. The van der Waals surface area contributed by atoms with Crippen molar-refractivity contribution in [3.8, 4) is 5.75 Å². The molecule has 3 rings (SSSR count). The van der Waals surface area contributed by atoms with Gasteiger partial charge in [-0.3, -0.25) is 9.47 Å². The molecule has 0 saturated heterocycles. The minimum atomic E-state index is -0.322. The Morgan fingerprint density at radius 1 is 1.22 bits per heavy atom. The van der Waals surface area contributed by atoms with E-state index in [2.05, 4.69) is 21.0 Å². The number of nitrogens with zero attached hydrogens (tertiary/aromatic N) is 5. The highest BCUT2D eigenvalue weighted by atomic mass is 35.5. The predicted molar refractivity (Wildman–Crippen MR) is 124 cm³/mol. The van der Waals surface area contributed by atoms with E-state index in [1.165, 1.54) is 27.7 Å². The van der Waals surface area contributed by atoms with E-state index in [1.54, 1.807) is 12.4 Å². The van der Waals surface area contributed by atoms with Gasteiger partial charge in [-0.25, -0.2) is 19.7 Å². The number of aryl methyl sites for hydroxylation is 2. The Hall–Kier alpha value is -2.97. The molecular formula is C23H28ClN5O3. The summed E-state index contributed by atoms with van der Waals surface area (Å²) in [6.07, 6.45) is 7.47. The summed E-state index contributed by atoms with van der Waals surface area (Å²) in [5, 5.41) is 0.360. The Kier molecular flexibility index (Phi) is 8.58. The smallest absolute Gasteiger partial charge is 0.335 e. The molecule has 0 unspecified atom stereocenters. The molecule has 1 aromatic carbocycles. The van der Waals surface area contributed by atoms with Crippen LogP contribution in [0.5, 0.6) is 5.75 Å². The number of rotatable bonds is 10. The van der Waals surface area contributed by atoms with Crippen LogP contribution in [0.3, 0.4) is 0 Å². The summed E-state index contributed by atoms with van der Waals surface area (Å²) in [6.45, 7) is 7.86. The van der Waals surface area contributed by atoms with Gasteiger partial charge in [-0.15, -0.1) is 0 Å². The van der Waals surface area contributed by atoms with E-state index < -0.39 is 0 Å². The molecule has 170 valence electrons. The zero-order chi connectivity index (χ0) is 22.9. The predicted octanol–water partition coefficient (Wildman–Crippen LogP) is 4.33. The Balaban J connectivity index is 1.73. The first-order chi connectivity index (χ1) is 15.5. The second kappa shape index (κ2) is 11.6. The maximum Gasteiger partial charge on any atom is 0.335 e. The number of carbonyl (C=O) groups is 1. The van der Waals surface area contributed by atoms with Crippen molar-refractivity contribution in [3.63, 3.8) is 0 Å². The first kappa shape index (κ1) is 23.7. The van der Waals surface area contributed by atoms with Gasteiger partial charge in [0.25, 0.3) is 0 Å². The summed E-state index contributed by atoms with van der Waals surface area (Å²) < 4.78 is 12.8. The molecule has 9 heteroatoms. The molecule has 3 aromatic rings. The van der Waals surface area contributed by atoms with Crippen molar-refractivity contribution in [2.45, 2.75) is 33.6 Å². The van der Waals surface area contributed by atoms with Crippen molar-refractivity contribution in [3.05, 3.63) is 65.1 Å². The average Bonchev–Trinajstić information content (AvgIpc) is 3.33. The van der Waals surface area contributed by atoms with Gasteiger partial charge in [0.2, 0.25) is 0 Å². The quantitative estimate of drug-likeness (QED) is 0.421. The summed E-state index contributed by atoms with van der Waals surface area (Å²) >= 11 is 6.51. The molecule has 0 aliphatic heterocycles. The van der Waals surface area contributed by atoms with E-state index in [1.807, 2.05) is 32.9 Å². The number of benzene rings is 1. The molecule has 0 N–H and O–H groups in total. The molecule has 0 bridgehead atoms. The van der Waals surface area contributed by atoms with Gasteiger partial charge in [0.1, 0.15) is 30.0 Å². The van der Waals surface area contributed by atoms with Crippen LogP contribution < -0.4 is 9.64 Å². The number of imidazole rings is 1.